The molecule has 1 aliphatic heterocycles. The maximum Gasteiger partial charge on any atom is 0.149 e. The molecule has 15 heavy (non-hydrogen) atoms. The van der Waals surface area contributed by atoms with Crippen molar-refractivity contribution in [1.29, 1.82) is 0 Å². The van der Waals surface area contributed by atoms with Crippen LogP contribution in [0.2, 0.25) is 0 Å². The topological polar surface area (TPSA) is 68.2 Å². The SMILES string of the molecule is Cl.Cl.Nc1ccc(N2CCCC2)nc1N. The van der Waals surface area contributed by atoms with Crippen LogP contribution in [-0.2, 0) is 0 Å². The van der Waals surface area contributed by atoms with Crippen LogP contribution in [0.4, 0.5) is 17.3 Å². The van der Waals surface area contributed by atoms with Crippen molar-refractivity contribution in [2.24, 2.45) is 0 Å². The molecule has 1 aromatic heterocycles. The van der Waals surface area contributed by atoms with E-state index in [9.17, 15) is 0 Å². The van der Waals surface area contributed by atoms with Crippen LogP contribution in [0.3, 0.4) is 0 Å². The largest absolute Gasteiger partial charge is 0.396 e. The van der Waals surface area contributed by atoms with Gasteiger partial charge in [0.2, 0.25) is 0 Å². The Bertz CT molecular complexity index is 313. The van der Waals surface area contributed by atoms with E-state index in [0.29, 0.717) is 11.5 Å². The zero-order valence-electron chi connectivity index (χ0n) is 8.35. The first-order chi connectivity index (χ1) is 6.27. The molecule has 1 aromatic rings. The summed E-state index contributed by atoms with van der Waals surface area (Å²) >= 11 is 0. The van der Waals surface area contributed by atoms with Crippen molar-refractivity contribution in [1.82, 2.24) is 4.98 Å². The average Bonchev–Trinajstić information content (AvgIpc) is 2.62. The van der Waals surface area contributed by atoms with Gasteiger partial charge < -0.3 is 16.4 Å². The Labute approximate surface area is 102 Å². The number of nitrogens with two attached hydrogens (primary N) is 2. The fraction of sp³-hybridized carbons (Fsp3) is 0.444. The molecule has 0 radical (unpaired) electrons. The first-order valence-corrected chi connectivity index (χ1v) is 4.54. The monoisotopic (exact) mass is 250 g/mol. The number of aromatic nitrogens is 1. The van der Waals surface area contributed by atoms with Crippen molar-refractivity contribution >= 4 is 42.1 Å². The highest BCUT2D eigenvalue weighted by atomic mass is 35.5. The Morgan fingerprint density at radius 3 is 2.20 bits per heavy atom. The van der Waals surface area contributed by atoms with Gasteiger partial charge in [0.1, 0.15) is 11.6 Å². The Morgan fingerprint density at radius 2 is 1.67 bits per heavy atom. The van der Waals surface area contributed by atoms with Gasteiger partial charge in [-0.2, -0.15) is 0 Å². The van der Waals surface area contributed by atoms with E-state index in [1.54, 1.807) is 0 Å². The molecule has 0 amide bonds. The van der Waals surface area contributed by atoms with E-state index in [1.165, 1.54) is 12.8 Å². The minimum absolute atomic E-state index is 0. The standard InChI is InChI=1S/C9H14N4.2ClH/c10-7-3-4-8(12-9(7)11)13-5-1-2-6-13;;/h3-4H,1-2,5-6,10H2,(H2,11,12);2*1H. The Balaban J connectivity index is 0.000000980. The lowest BCUT2D eigenvalue weighted by Gasteiger charge is -2.16. The molecule has 0 saturated carbocycles. The van der Waals surface area contributed by atoms with Gasteiger partial charge in [0.15, 0.2) is 0 Å². The van der Waals surface area contributed by atoms with Crippen LogP contribution < -0.4 is 16.4 Å². The molecular formula is C9H16Cl2N4. The van der Waals surface area contributed by atoms with Gasteiger partial charge in [-0.1, -0.05) is 0 Å². The summed E-state index contributed by atoms with van der Waals surface area (Å²) in [5.74, 6) is 1.38. The van der Waals surface area contributed by atoms with Crippen molar-refractivity contribution in [3.05, 3.63) is 12.1 Å². The molecule has 4 N–H and O–H groups in total. The summed E-state index contributed by atoms with van der Waals surface area (Å²) in [4.78, 5) is 6.47. The molecule has 1 saturated heterocycles. The number of hydrogen-bond acceptors (Lipinski definition) is 4. The van der Waals surface area contributed by atoms with Crippen LogP contribution in [-0.4, -0.2) is 18.1 Å². The quantitative estimate of drug-likeness (QED) is 0.796. The molecule has 1 aliphatic rings. The Morgan fingerprint density at radius 1 is 1.07 bits per heavy atom. The second-order valence-electron chi connectivity index (χ2n) is 3.34. The molecule has 0 atom stereocenters. The summed E-state index contributed by atoms with van der Waals surface area (Å²) in [5.41, 5.74) is 11.8. The van der Waals surface area contributed by atoms with Gasteiger partial charge in [-0.3, -0.25) is 0 Å². The van der Waals surface area contributed by atoms with Crippen LogP contribution in [0, 0.1) is 0 Å². The molecule has 0 spiro atoms. The summed E-state index contributed by atoms with van der Waals surface area (Å²) in [7, 11) is 0. The lowest BCUT2D eigenvalue weighted by Crippen LogP contribution is -2.19. The number of nitrogen functional groups attached to an aromatic ring is 2. The van der Waals surface area contributed by atoms with Crippen LogP contribution in [0.1, 0.15) is 12.8 Å². The predicted octanol–water partition coefficient (Wildman–Crippen LogP) is 1.69. The molecule has 1 fully saturated rings. The van der Waals surface area contributed by atoms with Gasteiger partial charge in [-0.05, 0) is 25.0 Å². The summed E-state index contributed by atoms with van der Waals surface area (Å²) in [6, 6.07) is 3.74. The maximum absolute atomic E-state index is 5.63. The van der Waals surface area contributed by atoms with Crippen LogP contribution >= 0.6 is 24.8 Å². The van der Waals surface area contributed by atoms with Crippen LogP contribution in [0.5, 0.6) is 0 Å². The third-order valence-electron chi connectivity index (χ3n) is 2.37. The smallest absolute Gasteiger partial charge is 0.149 e. The van der Waals surface area contributed by atoms with Crippen molar-refractivity contribution in [2.45, 2.75) is 12.8 Å². The third kappa shape index (κ3) is 3.04. The first kappa shape index (κ1) is 14.1. The van der Waals surface area contributed by atoms with Gasteiger partial charge in [0, 0.05) is 13.1 Å². The highest BCUT2D eigenvalue weighted by Crippen LogP contribution is 2.21. The van der Waals surface area contributed by atoms with Crippen LogP contribution in [0.25, 0.3) is 0 Å². The summed E-state index contributed by atoms with van der Waals surface area (Å²) in [6.07, 6.45) is 2.48. The second-order valence-corrected chi connectivity index (χ2v) is 3.34. The maximum atomic E-state index is 5.63. The molecule has 0 aromatic carbocycles. The second kappa shape index (κ2) is 5.88. The van der Waals surface area contributed by atoms with Gasteiger partial charge in [-0.25, -0.2) is 4.98 Å². The van der Waals surface area contributed by atoms with E-state index < -0.39 is 0 Å². The third-order valence-corrected chi connectivity index (χ3v) is 2.37. The number of anilines is 3. The minimum atomic E-state index is 0. The van der Waals surface area contributed by atoms with Gasteiger partial charge in [-0.15, -0.1) is 24.8 Å². The van der Waals surface area contributed by atoms with E-state index in [2.05, 4.69) is 9.88 Å². The number of pyridine rings is 1. The number of hydrogen-bond donors (Lipinski definition) is 2. The Hall–Kier alpha value is -0.870. The van der Waals surface area contributed by atoms with Crippen molar-refractivity contribution in [3.63, 3.8) is 0 Å². The molecule has 4 nitrogen and oxygen atoms in total. The van der Waals surface area contributed by atoms with Gasteiger partial charge in [0.05, 0.1) is 5.69 Å². The number of nitrogens with zero attached hydrogens (tertiary/aromatic N) is 2. The number of halogens is 2. The highest BCUT2D eigenvalue weighted by molar-refractivity contribution is 5.85. The van der Waals surface area contributed by atoms with Crippen molar-refractivity contribution in [2.75, 3.05) is 29.5 Å². The summed E-state index contributed by atoms with van der Waals surface area (Å²) < 4.78 is 0. The molecule has 2 heterocycles. The lowest BCUT2D eigenvalue weighted by molar-refractivity contribution is 0.940. The molecule has 86 valence electrons. The normalized spacial score (nSPS) is 14.3. The summed E-state index contributed by atoms with van der Waals surface area (Å²) in [6.45, 7) is 2.16. The van der Waals surface area contributed by atoms with Gasteiger partial charge in [0.25, 0.3) is 0 Å². The molecule has 2 rings (SSSR count). The first-order valence-electron chi connectivity index (χ1n) is 4.54. The lowest BCUT2D eigenvalue weighted by atomic mass is 10.3. The number of rotatable bonds is 1. The van der Waals surface area contributed by atoms with E-state index in [0.717, 1.165) is 18.9 Å². The molecular weight excluding hydrogens is 235 g/mol. The minimum Gasteiger partial charge on any atom is -0.396 e. The molecule has 0 bridgehead atoms. The fourth-order valence-corrected chi connectivity index (χ4v) is 1.60. The Kier molecular flexibility index (Phi) is 5.54. The molecule has 0 unspecified atom stereocenters. The molecule has 0 aliphatic carbocycles. The average molecular weight is 251 g/mol. The fourth-order valence-electron chi connectivity index (χ4n) is 1.60. The van der Waals surface area contributed by atoms with E-state index in [1.807, 2.05) is 12.1 Å². The van der Waals surface area contributed by atoms with E-state index >= 15 is 0 Å². The van der Waals surface area contributed by atoms with Crippen molar-refractivity contribution < 1.29 is 0 Å². The summed E-state index contributed by atoms with van der Waals surface area (Å²) in [5, 5.41) is 0. The van der Waals surface area contributed by atoms with Gasteiger partial charge >= 0.3 is 0 Å². The predicted molar refractivity (Wildman–Crippen MR) is 69.0 cm³/mol. The highest BCUT2D eigenvalue weighted by Gasteiger charge is 2.13. The van der Waals surface area contributed by atoms with E-state index in [4.69, 9.17) is 11.5 Å². The zero-order chi connectivity index (χ0) is 9.26. The van der Waals surface area contributed by atoms with Crippen molar-refractivity contribution in [3.8, 4) is 0 Å². The molecule has 6 heteroatoms. The van der Waals surface area contributed by atoms with Crippen LogP contribution in [0.15, 0.2) is 12.1 Å². The van der Waals surface area contributed by atoms with E-state index in [-0.39, 0.29) is 24.8 Å². The zero-order valence-corrected chi connectivity index (χ0v) is 9.98.